The zero-order valence-electron chi connectivity index (χ0n) is 21.8. The number of hydrogen-bond acceptors (Lipinski definition) is 5. The van der Waals surface area contributed by atoms with Crippen molar-refractivity contribution >= 4 is 28.3 Å². The Bertz CT molecular complexity index is 1620. The number of nitrogens with one attached hydrogen (secondary N) is 2. The number of aliphatic carboxylic acids is 1. The van der Waals surface area contributed by atoms with Crippen LogP contribution in [0.15, 0.2) is 65.5 Å². The first-order chi connectivity index (χ1) is 18.7. The number of phenolic OH excluding ortho intramolecular Hbond substituents is 1. The number of anilines is 1. The van der Waals surface area contributed by atoms with Gasteiger partial charge >= 0.3 is 5.97 Å². The van der Waals surface area contributed by atoms with Gasteiger partial charge in [0.15, 0.2) is 0 Å². The summed E-state index contributed by atoms with van der Waals surface area (Å²) >= 11 is 0. The Hall–Kier alpha value is -4.46. The molecule has 2 aliphatic rings. The summed E-state index contributed by atoms with van der Waals surface area (Å²) in [5, 5.41) is 30.2. The number of amides is 1. The molecule has 1 amide bonds. The molecule has 2 aliphatic carbocycles. The van der Waals surface area contributed by atoms with E-state index in [2.05, 4.69) is 15.5 Å². The molecule has 0 radical (unpaired) electrons. The summed E-state index contributed by atoms with van der Waals surface area (Å²) in [7, 11) is 0. The van der Waals surface area contributed by atoms with Gasteiger partial charge in [-0.05, 0) is 80.2 Å². The highest BCUT2D eigenvalue weighted by molar-refractivity contribution is 6.09. The van der Waals surface area contributed by atoms with Crippen molar-refractivity contribution < 1.29 is 19.8 Å². The van der Waals surface area contributed by atoms with Crippen LogP contribution in [0.4, 0.5) is 5.69 Å². The quantitative estimate of drug-likeness (QED) is 0.282. The Morgan fingerprint density at radius 2 is 1.74 bits per heavy atom. The van der Waals surface area contributed by atoms with Crippen molar-refractivity contribution in [1.29, 1.82) is 0 Å². The lowest BCUT2D eigenvalue weighted by Crippen LogP contribution is -2.23. The van der Waals surface area contributed by atoms with Crippen LogP contribution in [0.1, 0.15) is 65.3 Å². The number of aromatic nitrogens is 2. The Morgan fingerprint density at radius 3 is 2.46 bits per heavy atom. The van der Waals surface area contributed by atoms with Gasteiger partial charge in [-0.15, -0.1) is 0 Å². The summed E-state index contributed by atoms with van der Waals surface area (Å²) in [6.45, 7) is 1.77. The zero-order chi connectivity index (χ0) is 27.6. The lowest BCUT2D eigenvalue weighted by molar-refractivity contribution is -0.142. The van der Waals surface area contributed by atoms with E-state index in [9.17, 15) is 19.5 Å². The van der Waals surface area contributed by atoms with Crippen LogP contribution in [-0.4, -0.2) is 32.3 Å². The number of carboxylic acids is 1. The molecule has 1 fully saturated rings. The van der Waals surface area contributed by atoms with Crippen molar-refractivity contribution in [2.75, 3.05) is 5.32 Å². The van der Waals surface area contributed by atoms with Crippen LogP contribution in [-0.2, 0) is 24.1 Å². The van der Waals surface area contributed by atoms with Gasteiger partial charge < -0.3 is 15.5 Å². The van der Waals surface area contributed by atoms with E-state index in [4.69, 9.17) is 5.11 Å². The third-order valence-corrected chi connectivity index (χ3v) is 7.60. The summed E-state index contributed by atoms with van der Waals surface area (Å²) in [5.74, 6) is -1.04. The second kappa shape index (κ2) is 10.7. The highest BCUT2D eigenvalue weighted by atomic mass is 16.4. The first kappa shape index (κ1) is 26.2. The minimum Gasteiger partial charge on any atom is -0.506 e. The van der Waals surface area contributed by atoms with Crippen LogP contribution in [0.3, 0.4) is 0 Å². The average Bonchev–Trinajstić information content (AvgIpc) is 3.70. The second-order valence-electron chi connectivity index (χ2n) is 10.5. The molecule has 4 N–H and O–H groups in total. The number of fused-ring (bicyclic) bond motifs is 2. The lowest BCUT2D eigenvalue weighted by Gasteiger charge is -2.17. The van der Waals surface area contributed by atoms with E-state index in [0.717, 1.165) is 66.3 Å². The van der Waals surface area contributed by atoms with E-state index < -0.39 is 5.97 Å². The van der Waals surface area contributed by atoms with Crippen molar-refractivity contribution in [3.8, 4) is 5.75 Å². The molecule has 6 rings (SSSR count). The van der Waals surface area contributed by atoms with Gasteiger partial charge in [-0.3, -0.25) is 14.4 Å². The summed E-state index contributed by atoms with van der Waals surface area (Å²) in [6.07, 6.45) is 6.07. The van der Waals surface area contributed by atoms with Crippen LogP contribution >= 0.6 is 0 Å². The third kappa shape index (κ3) is 5.70. The van der Waals surface area contributed by atoms with E-state index >= 15 is 0 Å². The topological polar surface area (TPSA) is 132 Å². The van der Waals surface area contributed by atoms with E-state index in [1.807, 2.05) is 48.5 Å². The second-order valence-corrected chi connectivity index (χ2v) is 10.5. The van der Waals surface area contributed by atoms with Crippen molar-refractivity contribution in [1.82, 2.24) is 10.2 Å². The van der Waals surface area contributed by atoms with E-state index in [-0.39, 0.29) is 28.2 Å². The number of aromatic amines is 1. The summed E-state index contributed by atoms with van der Waals surface area (Å²) in [5.41, 5.74) is 4.24. The highest BCUT2D eigenvalue weighted by Gasteiger charge is 2.44. The molecule has 0 spiro atoms. The molecule has 0 bridgehead atoms. The Labute approximate surface area is 225 Å². The molecular weight excluding hydrogens is 494 g/mol. The Balaban J connectivity index is 0.000000384. The number of benzene rings is 3. The molecule has 8 nitrogen and oxygen atoms in total. The van der Waals surface area contributed by atoms with Crippen LogP contribution < -0.4 is 10.9 Å². The molecule has 39 heavy (non-hydrogen) atoms. The standard InChI is InChI=1S/C26H23N3O3.C5H8O2/c30-24-19-9-2-1-7-17(19)12-13-22(24)25(31)27-18-8-5-6-16(14-18)15-23-20-10-3-4-11-21(20)26(32)29-28-23;1-5(2-3-5)4(6)7/h1-2,5-9,12-14,30H,3-4,10-11,15H2,(H,27,31)(H,29,32);2-3H2,1H3,(H,6,7). The molecular formula is C31H31N3O5. The zero-order valence-corrected chi connectivity index (χ0v) is 21.8. The minimum atomic E-state index is -0.646. The molecule has 200 valence electrons. The van der Waals surface area contributed by atoms with Gasteiger partial charge in [0.1, 0.15) is 5.75 Å². The molecule has 1 aromatic heterocycles. The maximum absolute atomic E-state index is 12.9. The lowest BCUT2D eigenvalue weighted by atomic mass is 9.90. The molecule has 0 aliphatic heterocycles. The minimum absolute atomic E-state index is 0.0270. The number of phenols is 1. The first-order valence-corrected chi connectivity index (χ1v) is 13.2. The van der Waals surface area contributed by atoms with Gasteiger partial charge in [-0.1, -0.05) is 42.5 Å². The average molecular weight is 526 g/mol. The molecule has 3 aromatic carbocycles. The van der Waals surface area contributed by atoms with Crippen molar-refractivity contribution in [2.24, 2.45) is 5.41 Å². The molecule has 4 aromatic rings. The van der Waals surface area contributed by atoms with E-state index in [1.54, 1.807) is 19.1 Å². The van der Waals surface area contributed by atoms with Crippen molar-refractivity contribution in [3.63, 3.8) is 0 Å². The molecule has 0 atom stereocenters. The number of nitrogens with zero attached hydrogens (tertiary/aromatic N) is 1. The normalized spacial score (nSPS) is 15.0. The predicted molar refractivity (Wildman–Crippen MR) is 149 cm³/mol. The van der Waals surface area contributed by atoms with Crippen LogP contribution in [0, 0.1) is 5.41 Å². The van der Waals surface area contributed by atoms with Gasteiger partial charge in [-0.25, -0.2) is 5.10 Å². The number of carbonyl (C=O) groups excluding carboxylic acids is 1. The molecule has 0 saturated heterocycles. The van der Waals surface area contributed by atoms with E-state index in [0.29, 0.717) is 17.5 Å². The Kier molecular flexibility index (Phi) is 7.19. The van der Waals surface area contributed by atoms with Crippen LogP contribution in [0.25, 0.3) is 10.8 Å². The smallest absolute Gasteiger partial charge is 0.309 e. The number of aromatic hydroxyl groups is 1. The Morgan fingerprint density at radius 1 is 1.00 bits per heavy atom. The van der Waals surface area contributed by atoms with Gasteiger partial charge in [0, 0.05) is 23.1 Å². The SMILES string of the molecule is CC1(C(=O)O)CC1.O=C(Nc1cccc(Cc2n[nH]c(=O)c3c2CCCC3)c1)c1ccc2ccccc2c1O. The molecule has 1 heterocycles. The van der Waals surface area contributed by atoms with Crippen molar-refractivity contribution in [3.05, 3.63) is 99.0 Å². The number of hydrogen-bond donors (Lipinski definition) is 4. The number of carboxylic acid groups (broad SMARTS) is 1. The van der Waals surface area contributed by atoms with Crippen molar-refractivity contribution in [2.45, 2.75) is 51.9 Å². The summed E-state index contributed by atoms with van der Waals surface area (Å²) in [6, 6.07) is 18.4. The van der Waals surface area contributed by atoms with Gasteiger partial charge in [0.25, 0.3) is 11.5 Å². The largest absolute Gasteiger partial charge is 0.506 e. The third-order valence-electron chi connectivity index (χ3n) is 7.60. The molecule has 8 heteroatoms. The number of carbonyl (C=O) groups is 2. The fourth-order valence-electron chi connectivity index (χ4n) is 4.86. The summed E-state index contributed by atoms with van der Waals surface area (Å²) < 4.78 is 0. The fraction of sp³-hybridized carbons (Fsp3) is 0.290. The monoisotopic (exact) mass is 525 g/mol. The summed E-state index contributed by atoms with van der Waals surface area (Å²) in [4.78, 5) is 35.0. The fourth-order valence-corrected chi connectivity index (χ4v) is 4.86. The van der Waals surface area contributed by atoms with Gasteiger partial charge in [0.2, 0.25) is 0 Å². The van der Waals surface area contributed by atoms with Crippen LogP contribution in [0.5, 0.6) is 5.75 Å². The molecule has 0 unspecified atom stereocenters. The maximum atomic E-state index is 12.9. The highest BCUT2D eigenvalue weighted by Crippen LogP contribution is 2.44. The van der Waals surface area contributed by atoms with Crippen LogP contribution in [0.2, 0.25) is 0 Å². The number of H-pyrrole nitrogens is 1. The van der Waals surface area contributed by atoms with E-state index in [1.165, 1.54) is 0 Å². The molecule has 1 saturated carbocycles. The maximum Gasteiger partial charge on any atom is 0.309 e. The first-order valence-electron chi connectivity index (χ1n) is 13.2. The van der Waals surface area contributed by atoms with Gasteiger partial charge in [-0.2, -0.15) is 5.10 Å². The predicted octanol–water partition coefficient (Wildman–Crippen LogP) is 5.22. The number of rotatable bonds is 5. The van der Waals surface area contributed by atoms with Gasteiger partial charge in [0.05, 0.1) is 16.7 Å².